The van der Waals surface area contributed by atoms with E-state index in [9.17, 15) is 0 Å². The van der Waals surface area contributed by atoms with Gasteiger partial charge < -0.3 is 19.6 Å². The van der Waals surface area contributed by atoms with E-state index in [0.29, 0.717) is 0 Å². The SMILES string of the molecule is CN=C(NCCc1ccco1)NCCn1c(C)nc2ccccc21. The lowest BCUT2D eigenvalue weighted by Gasteiger charge is -2.12. The Morgan fingerprint density at radius 3 is 2.79 bits per heavy atom. The molecule has 3 rings (SSSR count). The van der Waals surface area contributed by atoms with E-state index in [4.69, 9.17) is 4.42 Å². The lowest BCUT2D eigenvalue weighted by Crippen LogP contribution is -2.39. The predicted octanol–water partition coefficient (Wildman–Crippen LogP) is 2.35. The number of aromatic nitrogens is 2. The molecular formula is C18H23N5O. The second-order valence-corrected chi connectivity index (χ2v) is 5.55. The fourth-order valence-corrected chi connectivity index (χ4v) is 2.74. The summed E-state index contributed by atoms with van der Waals surface area (Å²) in [6.07, 6.45) is 2.53. The van der Waals surface area contributed by atoms with E-state index in [1.807, 2.05) is 37.3 Å². The maximum atomic E-state index is 5.32. The number of nitrogens with one attached hydrogen (secondary N) is 2. The van der Waals surface area contributed by atoms with Gasteiger partial charge in [-0.15, -0.1) is 0 Å². The first-order chi connectivity index (χ1) is 11.8. The summed E-state index contributed by atoms with van der Waals surface area (Å²) in [6, 6.07) is 12.1. The predicted molar refractivity (Wildman–Crippen MR) is 96.2 cm³/mol. The molecule has 0 fully saturated rings. The fourth-order valence-electron chi connectivity index (χ4n) is 2.74. The summed E-state index contributed by atoms with van der Waals surface area (Å²) in [6.45, 7) is 4.43. The molecule has 0 bridgehead atoms. The Bertz CT molecular complexity index is 804. The number of hydrogen-bond donors (Lipinski definition) is 2. The minimum absolute atomic E-state index is 0.778. The molecule has 126 valence electrons. The quantitative estimate of drug-likeness (QED) is 0.539. The van der Waals surface area contributed by atoms with Gasteiger partial charge in [-0.2, -0.15) is 0 Å². The molecule has 0 atom stereocenters. The van der Waals surface area contributed by atoms with Gasteiger partial charge in [-0.05, 0) is 31.2 Å². The van der Waals surface area contributed by atoms with Crippen LogP contribution in [0.4, 0.5) is 0 Å². The summed E-state index contributed by atoms with van der Waals surface area (Å²) in [5.74, 6) is 2.79. The molecule has 0 saturated carbocycles. The highest BCUT2D eigenvalue weighted by molar-refractivity contribution is 5.79. The number of furan rings is 1. The molecule has 0 saturated heterocycles. The van der Waals surface area contributed by atoms with Gasteiger partial charge in [0.15, 0.2) is 5.96 Å². The van der Waals surface area contributed by atoms with E-state index < -0.39 is 0 Å². The number of imidazole rings is 1. The van der Waals surface area contributed by atoms with Gasteiger partial charge in [0.05, 0.1) is 17.3 Å². The fraction of sp³-hybridized carbons (Fsp3) is 0.333. The summed E-state index contributed by atoms with van der Waals surface area (Å²) in [5, 5.41) is 6.63. The summed E-state index contributed by atoms with van der Waals surface area (Å²) < 4.78 is 7.54. The number of fused-ring (bicyclic) bond motifs is 1. The smallest absolute Gasteiger partial charge is 0.191 e. The summed E-state index contributed by atoms with van der Waals surface area (Å²) in [5.41, 5.74) is 2.20. The van der Waals surface area contributed by atoms with Crippen LogP contribution in [0.5, 0.6) is 0 Å². The lowest BCUT2D eigenvalue weighted by molar-refractivity contribution is 0.506. The van der Waals surface area contributed by atoms with Crippen LogP contribution in [-0.4, -0.2) is 35.6 Å². The highest BCUT2D eigenvalue weighted by atomic mass is 16.3. The van der Waals surface area contributed by atoms with Crippen LogP contribution in [0.2, 0.25) is 0 Å². The zero-order chi connectivity index (χ0) is 16.8. The van der Waals surface area contributed by atoms with Crippen molar-refractivity contribution in [2.45, 2.75) is 19.9 Å². The number of para-hydroxylation sites is 2. The number of aliphatic imine (C=N–C) groups is 1. The molecule has 6 heteroatoms. The zero-order valence-corrected chi connectivity index (χ0v) is 14.1. The Kier molecular flexibility index (Phi) is 5.15. The normalized spacial score (nSPS) is 11.8. The van der Waals surface area contributed by atoms with E-state index >= 15 is 0 Å². The number of aryl methyl sites for hydroxylation is 1. The van der Waals surface area contributed by atoms with Crippen molar-refractivity contribution in [2.24, 2.45) is 4.99 Å². The minimum Gasteiger partial charge on any atom is -0.469 e. The monoisotopic (exact) mass is 325 g/mol. The number of guanidine groups is 1. The van der Waals surface area contributed by atoms with E-state index in [1.165, 1.54) is 0 Å². The van der Waals surface area contributed by atoms with Crippen molar-refractivity contribution >= 4 is 17.0 Å². The van der Waals surface area contributed by atoms with Crippen molar-refractivity contribution in [2.75, 3.05) is 20.1 Å². The highest BCUT2D eigenvalue weighted by Gasteiger charge is 2.06. The lowest BCUT2D eigenvalue weighted by atomic mass is 10.3. The van der Waals surface area contributed by atoms with Crippen molar-refractivity contribution in [1.29, 1.82) is 0 Å². The van der Waals surface area contributed by atoms with Gasteiger partial charge >= 0.3 is 0 Å². The third-order valence-corrected chi connectivity index (χ3v) is 3.94. The standard InChI is InChI=1S/C18H23N5O/c1-14-22-16-7-3-4-8-17(16)23(14)12-11-21-18(19-2)20-10-9-15-6-5-13-24-15/h3-8,13H,9-12H2,1-2H3,(H2,19,20,21). The van der Waals surface area contributed by atoms with Crippen LogP contribution in [0.3, 0.4) is 0 Å². The van der Waals surface area contributed by atoms with Gasteiger partial charge in [0.1, 0.15) is 11.6 Å². The van der Waals surface area contributed by atoms with Gasteiger partial charge in [0.2, 0.25) is 0 Å². The molecule has 3 aromatic rings. The van der Waals surface area contributed by atoms with Crippen molar-refractivity contribution in [1.82, 2.24) is 20.2 Å². The number of benzene rings is 1. The Balaban J connectivity index is 1.49. The molecule has 6 nitrogen and oxygen atoms in total. The third-order valence-electron chi connectivity index (χ3n) is 3.94. The van der Waals surface area contributed by atoms with Crippen LogP contribution in [0.1, 0.15) is 11.6 Å². The molecule has 2 aromatic heterocycles. The summed E-state index contributed by atoms with van der Waals surface area (Å²) >= 11 is 0. The second-order valence-electron chi connectivity index (χ2n) is 5.55. The molecule has 2 N–H and O–H groups in total. The van der Waals surface area contributed by atoms with Gasteiger partial charge in [-0.1, -0.05) is 12.1 Å². The molecular weight excluding hydrogens is 302 g/mol. The van der Waals surface area contributed by atoms with Crippen molar-refractivity contribution in [3.05, 3.63) is 54.2 Å². The van der Waals surface area contributed by atoms with Gasteiger partial charge in [-0.25, -0.2) is 4.98 Å². The van der Waals surface area contributed by atoms with Crippen molar-refractivity contribution < 1.29 is 4.42 Å². The largest absolute Gasteiger partial charge is 0.469 e. The Labute approximate surface area is 141 Å². The van der Waals surface area contributed by atoms with E-state index in [0.717, 1.165) is 54.6 Å². The molecule has 24 heavy (non-hydrogen) atoms. The first kappa shape index (κ1) is 16.1. The molecule has 0 aliphatic carbocycles. The molecule has 0 amide bonds. The Hall–Kier alpha value is -2.76. The first-order valence-electron chi connectivity index (χ1n) is 8.16. The molecule has 2 heterocycles. The van der Waals surface area contributed by atoms with Crippen LogP contribution >= 0.6 is 0 Å². The highest BCUT2D eigenvalue weighted by Crippen LogP contribution is 2.14. The van der Waals surface area contributed by atoms with Crippen LogP contribution in [-0.2, 0) is 13.0 Å². The number of nitrogens with zero attached hydrogens (tertiary/aromatic N) is 3. The Morgan fingerprint density at radius 1 is 1.17 bits per heavy atom. The Morgan fingerprint density at radius 2 is 2.00 bits per heavy atom. The molecule has 0 unspecified atom stereocenters. The molecule has 0 spiro atoms. The van der Waals surface area contributed by atoms with E-state index in [1.54, 1.807) is 13.3 Å². The van der Waals surface area contributed by atoms with Crippen LogP contribution in [0.15, 0.2) is 52.1 Å². The molecule has 1 aromatic carbocycles. The van der Waals surface area contributed by atoms with Gasteiger partial charge in [0.25, 0.3) is 0 Å². The van der Waals surface area contributed by atoms with Crippen molar-refractivity contribution in [3.8, 4) is 0 Å². The first-order valence-corrected chi connectivity index (χ1v) is 8.16. The zero-order valence-electron chi connectivity index (χ0n) is 14.1. The molecule has 0 aliphatic rings. The van der Waals surface area contributed by atoms with Crippen LogP contribution < -0.4 is 10.6 Å². The summed E-state index contributed by atoms with van der Waals surface area (Å²) in [7, 11) is 1.78. The van der Waals surface area contributed by atoms with E-state index in [2.05, 4.69) is 31.2 Å². The van der Waals surface area contributed by atoms with Crippen LogP contribution in [0, 0.1) is 6.92 Å². The third kappa shape index (κ3) is 3.76. The maximum Gasteiger partial charge on any atom is 0.191 e. The topological polar surface area (TPSA) is 67.4 Å². The average molecular weight is 325 g/mol. The number of hydrogen-bond acceptors (Lipinski definition) is 3. The van der Waals surface area contributed by atoms with Crippen molar-refractivity contribution in [3.63, 3.8) is 0 Å². The summed E-state index contributed by atoms with van der Waals surface area (Å²) in [4.78, 5) is 8.84. The van der Waals surface area contributed by atoms with Gasteiger partial charge in [-0.3, -0.25) is 4.99 Å². The maximum absolute atomic E-state index is 5.32. The van der Waals surface area contributed by atoms with Crippen LogP contribution in [0.25, 0.3) is 11.0 Å². The minimum atomic E-state index is 0.778. The second kappa shape index (κ2) is 7.68. The molecule has 0 radical (unpaired) electrons. The average Bonchev–Trinajstić information content (AvgIpc) is 3.21. The van der Waals surface area contributed by atoms with Gasteiger partial charge in [0, 0.05) is 33.1 Å². The molecule has 0 aliphatic heterocycles. The van der Waals surface area contributed by atoms with E-state index in [-0.39, 0.29) is 0 Å². The number of rotatable bonds is 6.